The first kappa shape index (κ1) is 15.3. The molecule has 0 saturated heterocycles. The van der Waals surface area contributed by atoms with Gasteiger partial charge in [-0.25, -0.2) is 9.48 Å². The second-order valence-corrected chi connectivity index (χ2v) is 4.93. The Kier molecular flexibility index (Phi) is 4.02. The van der Waals surface area contributed by atoms with Crippen LogP contribution in [0.5, 0.6) is 5.88 Å². The highest BCUT2D eigenvalue weighted by Gasteiger charge is 2.19. The SMILES string of the molecule is Cn1nnc(-c2ccc([N+](=O)[O-])cc2)c1OC(=O)c1ccccc1. The van der Waals surface area contributed by atoms with Crippen molar-refractivity contribution in [1.82, 2.24) is 15.0 Å². The van der Waals surface area contributed by atoms with Gasteiger partial charge in [-0.15, -0.1) is 5.10 Å². The van der Waals surface area contributed by atoms with Crippen LogP contribution in [-0.2, 0) is 7.05 Å². The Morgan fingerprint density at radius 1 is 1.12 bits per heavy atom. The molecule has 0 aliphatic rings. The van der Waals surface area contributed by atoms with E-state index in [0.717, 1.165) is 0 Å². The molecule has 24 heavy (non-hydrogen) atoms. The van der Waals surface area contributed by atoms with Crippen molar-refractivity contribution in [2.24, 2.45) is 7.05 Å². The lowest BCUT2D eigenvalue weighted by molar-refractivity contribution is -0.384. The summed E-state index contributed by atoms with van der Waals surface area (Å²) < 4.78 is 6.73. The molecular formula is C16H12N4O4. The second-order valence-electron chi connectivity index (χ2n) is 4.93. The average Bonchev–Trinajstić information content (AvgIpc) is 2.96. The molecule has 0 saturated carbocycles. The van der Waals surface area contributed by atoms with Crippen LogP contribution < -0.4 is 4.74 Å². The molecule has 0 bridgehead atoms. The Morgan fingerprint density at radius 2 is 1.79 bits per heavy atom. The van der Waals surface area contributed by atoms with Gasteiger partial charge in [0.05, 0.1) is 10.5 Å². The monoisotopic (exact) mass is 324 g/mol. The first-order chi connectivity index (χ1) is 11.6. The molecule has 0 atom stereocenters. The molecular weight excluding hydrogens is 312 g/mol. The third-order valence-electron chi connectivity index (χ3n) is 3.33. The van der Waals surface area contributed by atoms with Crippen molar-refractivity contribution in [1.29, 1.82) is 0 Å². The second kappa shape index (κ2) is 6.29. The normalized spacial score (nSPS) is 10.4. The van der Waals surface area contributed by atoms with Crippen LogP contribution in [0.1, 0.15) is 10.4 Å². The highest BCUT2D eigenvalue weighted by molar-refractivity contribution is 5.91. The van der Waals surface area contributed by atoms with Crippen LogP contribution in [0.25, 0.3) is 11.3 Å². The average molecular weight is 324 g/mol. The van der Waals surface area contributed by atoms with Crippen molar-refractivity contribution in [2.45, 2.75) is 0 Å². The number of nitro benzene ring substituents is 1. The Hall–Kier alpha value is -3.55. The van der Waals surface area contributed by atoms with Crippen molar-refractivity contribution in [3.63, 3.8) is 0 Å². The largest absolute Gasteiger partial charge is 0.402 e. The van der Waals surface area contributed by atoms with Gasteiger partial charge in [0.25, 0.3) is 5.69 Å². The fraction of sp³-hybridized carbons (Fsp3) is 0.0625. The number of aryl methyl sites for hydroxylation is 1. The van der Waals surface area contributed by atoms with Crippen LogP contribution in [0.15, 0.2) is 54.6 Å². The molecule has 120 valence electrons. The van der Waals surface area contributed by atoms with Crippen LogP contribution in [0, 0.1) is 10.1 Å². The van der Waals surface area contributed by atoms with Gasteiger partial charge in [0, 0.05) is 24.7 Å². The summed E-state index contributed by atoms with van der Waals surface area (Å²) in [7, 11) is 1.59. The summed E-state index contributed by atoms with van der Waals surface area (Å²) in [4.78, 5) is 22.4. The van der Waals surface area contributed by atoms with E-state index in [-0.39, 0.29) is 11.6 Å². The van der Waals surface area contributed by atoms with Gasteiger partial charge >= 0.3 is 5.97 Å². The maximum atomic E-state index is 12.2. The summed E-state index contributed by atoms with van der Waals surface area (Å²) in [5.74, 6) is -0.373. The van der Waals surface area contributed by atoms with E-state index in [1.807, 2.05) is 0 Å². The van der Waals surface area contributed by atoms with E-state index < -0.39 is 10.9 Å². The summed E-state index contributed by atoms with van der Waals surface area (Å²) in [5, 5.41) is 18.6. The van der Waals surface area contributed by atoms with E-state index in [9.17, 15) is 14.9 Å². The molecule has 8 heteroatoms. The number of hydrogen-bond acceptors (Lipinski definition) is 6. The van der Waals surface area contributed by atoms with Gasteiger partial charge in [-0.1, -0.05) is 23.4 Å². The maximum absolute atomic E-state index is 12.2. The highest BCUT2D eigenvalue weighted by atomic mass is 16.6. The molecule has 0 fully saturated rings. The van der Waals surface area contributed by atoms with E-state index in [2.05, 4.69) is 10.3 Å². The van der Waals surface area contributed by atoms with Crippen LogP contribution in [0.3, 0.4) is 0 Å². The molecule has 0 radical (unpaired) electrons. The molecule has 2 aromatic carbocycles. The van der Waals surface area contributed by atoms with Crippen molar-refractivity contribution in [3.05, 3.63) is 70.3 Å². The van der Waals surface area contributed by atoms with Gasteiger partial charge in [-0.05, 0) is 24.3 Å². The number of carbonyl (C=O) groups excluding carboxylic acids is 1. The topological polar surface area (TPSA) is 100 Å². The molecule has 0 N–H and O–H groups in total. The number of esters is 1. The number of ether oxygens (including phenoxy) is 1. The van der Waals surface area contributed by atoms with E-state index in [1.165, 1.54) is 28.9 Å². The number of non-ortho nitro benzene ring substituents is 1. The molecule has 3 rings (SSSR count). The lowest BCUT2D eigenvalue weighted by atomic mass is 10.1. The third-order valence-corrected chi connectivity index (χ3v) is 3.33. The number of aromatic nitrogens is 3. The minimum atomic E-state index is -0.538. The van der Waals surface area contributed by atoms with Gasteiger partial charge < -0.3 is 4.74 Å². The third kappa shape index (κ3) is 2.98. The van der Waals surface area contributed by atoms with Crippen molar-refractivity contribution < 1.29 is 14.5 Å². The van der Waals surface area contributed by atoms with Crippen molar-refractivity contribution >= 4 is 11.7 Å². The number of hydrogen-bond donors (Lipinski definition) is 0. The molecule has 1 heterocycles. The lowest BCUT2D eigenvalue weighted by Gasteiger charge is -2.06. The zero-order valence-corrected chi connectivity index (χ0v) is 12.6. The minimum Gasteiger partial charge on any atom is -0.402 e. The Morgan fingerprint density at radius 3 is 2.42 bits per heavy atom. The lowest BCUT2D eigenvalue weighted by Crippen LogP contribution is -2.11. The molecule has 0 aliphatic carbocycles. The smallest absolute Gasteiger partial charge is 0.344 e. The predicted molar refractivity (Wildman–Crippen MR) is 84.5 cm³/mol. The molecule has 0 amide bonds. The highest BCUT2D eigenvalue weighted by Crippen LogP contribution is 2.29. The number of nitro groups is 1. The number of carbonyl (C=O) groups is 1. The van der Waals surface area contributed by atoms with Crippen molar-refractivity contribution in [3.8, 4) is 17.1 Å². The van der Waals surface area contributed by atoms with Crippen LogP contribution in [-0.4, -0.2) is 25.9 Å². The maximum Gasteiger partial charge on any atom is 0.344 e. The first-order valence-electron chi connectivity index (χ1n) is 6.98. The van der Waals surface area contributed by atoms with E-state index in [4.69, 9.17) is 4.74 Å². The molecule has 0 unspecified atom stereocenters. The number of nitrogens with zero attached hydrogens (tertiary/aromatic N) is 4. The Bertz CT molecular complexity index is 888. The van der Waals surface area contributed by atoms with E-state index in [0.29, 0.717) is 16.8 Å². The first-order valence-corrected chi connectivity index (χ1v) is 6.98. The van der Waals surface area contributed by atoms with Gasteiger partial charge in [-0.3, -0.25) is 10.1 Å². The zero-order chi connectivity index (χ0) is 17.1. The van der Waals surface area contributed by atoms with Crippen molar-refractivity contribution in [2.75, 3.05) is 0 Å². The summed E-state index contributed by atoms with van der Waals surface area (Å²) in [5.41, 5.74) is 1.25. The minimum absolute atomic E-state index is 0.0366. The van der Waals surface area contributed by atoms with Gasteiger partial charge in [-0.2, -0.15) is 0 Å². The van der Waals surface area contributed by atoms with E-state index >= 15 is 0 Å². The molecule has 0 aliphatic heterocycles. The molecule has 1 aromatic heterocycles. The zero-order valence-electron chi connectivity index (χ0n) is 12.6. The van der Waals surface area contributed by atoms with Crippen LogP contribution in [0.4, 0.5) is 5.69 Å². The van der Waals surface area contributed by atoms with E-state index in [1.54, 1.807) is 37.4 Å². The van der Waals surface area contributed by atoms with Gasteiger partial charge in [0.1, 0.15) is 0 Å². The molecule has 3 aromatic rings. The Labute approximate surface area is 136 Å². The Balaban J connectivity index is 1.91. The number of rotatable bonds is 4. The van der Waals surface area contributed by atoms with Gasteiger partial charge in [0.2, 0.25) is 5.88 Å². The van der Waals surface area contributed by atoms with Crippen LogP contribution >= 0.6 is 0 Å². The summed E-state index contributed by atoms with van der Waals surface area (Å²) in [6, 6.07) is 14.3. The predicted octanol–water partition coefficient (Wildman–Crippen LogP) is 2.61. The number of benzene rings is 2. The standard InChI is InChI=1S/C16H12N4O4/c1-19-15(24-16(21)12-5-3-2-4-6-12)14(17-18-19)11-7-9-13(10-8-11)20(22)23/h2-10H,1H3. The fourth-order valence-electron chi connectivity index (χ4n) is 2.11. The quantitative estimate of drug-likeness (QED) is 0.415. The molecule has 0 spiro atoms. The summed E-state index contributed by atoms with van der Waals surface area (Å²) in [6.45, 7) is 0. The molecule has 8 nitrogen and oxygen atoms in total. The summed E-state index contributed by atoms with van der Waals surface area (Å²) in [6.07, 6.45) is 0. The summed E-state index contributed by atoms with van der Waals surface area (Å²) >= 11 is 0. The van der Waals surface area contributed by atoms with Gasteiger partial charge in [0.15, 0.2) is 5.69 Å². The fourth-order valence-corrected chi connectivity index (χ4v) is 2.11. The van der Waals surface area contributed by atoms with Crippen LogP contribution in [0.2, 0.25) is 0 Å².